The Kier molecular flexibility index (Phi) is 3.08. The van der Waals surface area contributed by atoms with Gasteiger partial charge in [0.2, 0.25) is 5.95 Å². The molecular weight excluding hydrogens is 323 g/mol. The van der Waals surface area contributed by atoms with Gasteiger partial charge in [0, 0.05) is 24.1 Å². The summed E-state index contributed by atoms with van der Waals surface area (Å²) in [5.41, 5.74) is -0.504. The Balaban J connectivity index is 1.38. The highest BCUT2D eigenvalue weighted by atomic mass is 19.1. The zero-order valence-electron chi connectivity index (χ0n) is 13.7. The van der Waals surface area contributed by atoms with Crippen molar-refractivity contribution in [2.45, 2.75) is 18.4 Å². The lowest BCUT2D eigenvalue weighted by molar-refractivity contribution is -0.905. The molecule has 0 aliphatic carbocycles. The molecule has 4 aliphatic rings. The molecule has 4 aliphatic heterocycles. The van der Waals surface area contributed by atoms with Crippen LogP contribution >= 0.6 is 0 Å². The van der Waals surface area contributed by atoms with Crippen molar-refractivity contribution in [1.82, 2.24) is 4.98 Å². The SMILES string of the molecule is [O-][N+]12CCC(CC1)C1(CN=C(Nc3cc4ccccc4c(F)n3)O1)C2. The first-order valence-electron chi connectivity index (χ1n) is 8.68. The molecule has 6 nitrogen and oxygen atoms in total. The number of hydrogen-bond donors (Lipinski definition) is 1. The second-order valence-electron chi connectivity index (χ2n) is 7.37. The Hall–Kier alpha value is -2.25. The van der Waals surface area contributed by atoms with Crippen molar-refractivity contribution in [1.29, 1.82) is 0 Å². The molecule has 0 radical (unpaired) electrons. The predicted molar refractivity (Wildman–Crippen MR) is 92.4 cm³/mol. The third-order valence-electron chi connectivity index (χ3n) is 5.79. The van der Waals surface area contributed by atoms with Crippen LogP contribution in [0.5, 0.6) is 0 Å². The molecule has 1 aromatic heterocycles. The van der Waals surface area contributed by atoms with Gasteiger partial charge < -0.3 is 14.6 Å². The predicted octanol–water partition coefficient (Wildman–Crippen LogP) is 2.65. The maximum absolute atomic E-state index is 14.2. The third-order valence-corrected chi connectivity index (χ3v) is 5.79. The molecule has 6 rings (SSSR count). The van der Waals surface area contributed by atoms with Gasteiger partial charge in [0.1, 0.15) is 12.4 Å². The molecule has 1 unspecified atom stereocenters. The largest absolute Gasteiger partial charge is 0.633 e. The van der Waals surface area contributed by atoms with Gasteiger partial charge >= 0.3 is 0 Å². The van der Waals surface area contributed by atoms with E-state index in [-0.39, 0.29) is 4.65 Å². The molecule has 3 fully saturated rings. The average molecular weight is 342 g/mol. The molecule has 2 aromatic rings. The Morgan fingerprint density at radius 3 is 2.88 bits per heavy atom. The number of halogens is 1. The summed E-state index contributed by atoms with van der Waals surface area (Å²) in [5, 5.41) is 16.9. The third kappa shape index (κ3) is 2.38. The average Bonchev–Trinajstić information content (AvgIpc) is 2.97. The summed E-state index contributed by atoms with van der Waals surface area (Å²) in [6.07, 6.45) is 1.77. The molecule has 5 heterocycles. The van der Waals surface area contributed by atoms with Gasteiger partial charge in [-0.1, -0.05) is 18.2 Å². The van der Waals surface area contributed by atoms with Crippen molar-refractivity contribution < 1.29 is 13.8 Å². The van der Waals surface area contributed by atoms with Crippen molar-refractivity contribution in [3.05, 3.63) is 41.5 Å². The molecule has 1 N–H and O–H groups in total. The molecule has 3 saturated heterocycles. The minimum absolute atomic E-state index is 0.178. The fourth-order valence-electron chi connectivity index (χ4n) is 4.49. The fourth-order valence-corrected chi connectivity index (χ4v) is 4.49. The van der Waals surface area contributed by atoms with E-state index in [1.807, 2.05) is 12.1 Å². The van der Waals surface area contributed by atoms with Crippen molar-refractivity contribution in [3.8, 4) is 0 Å². The van der Waals surface area contributed by atoms with Gasteiger partial charge in [-0.25, -0.2) is 9.98 Å². The lowest BCUT2D eigenvalue weighted by Gasteiger charge is -2.58. The number of quaternary nitrogens is 1. The molecular formula is C18H19FN4O2. The van der Waals surface area contributed by atoms with Crippen LogP contribution in [0, 0.1) is 17.1 Å². The van der Waals surface area contributed by atoms with Crippen LogP contribution in [0.3, 0.4) is 0 Å². The maximum Gasteiger partial charge on any atom is 0.291 e. The van der Waals surface area contributed by atoms with E-state index in [1.54, 1.807) is 18.2 Å². The highest BCUT2D eigenvalue weighted by molar-refractivity contribution is 5.92. The molecule has 0 amide bonds. The highest BCUT2D eigenvalue weighted by Gasteiger charge is 2.56. The number of aromatic nitrogens is 1. The Morgan fingerprint density at radius 2 is 2.08 bits per heavy atom. The number of benzene rings is 1. The van der Waals surface area contributed by atoms with E-state index in [9.17, 15) is 9.60 Å². The number of hydroxylamine groups is 3. The number of piperidine rings is 3. The van der Waals surface area contributed by atoms with E-state index in [0.29, 0.717) is 49.3 Å². The Labute approximate surface area is 144 Å². The second kappa shape index (κ2) is 5.12. The van der Waals surface area contributed by atoms with E-state index in [0.717, 1.165) is 18.2 Å². The molecule has 0 saturated carbocycles. The molecule has 1 atom stereocenters. The minimum atomic E-state index is -0.527. The zero-order chi connectivity index (χ0) is 17.1. The molecule has 130 valence electrons. The van der Waals surface area contributed by atoms with E-state index < -0.39 is 11.5 Å². The zero-order valence-corrected chi connectivity index (χ0v) is 13.7. The normalized spacial score (nSPS) is 33.5. The van der Waals surface area contributed by atoms with E-state index in [4.69, 9.17) is 4.74 Å². The lowest BCUT2D eigenvalue weighted by Crippen LogP contribution is -2.67. The number of anilines is 1. The summed E-state index contributed by atoms with van der Waals surface area (Å²) in [5.74, 6) is 0.200. The van der Waals surface area contributed by atoms with E-state index in [2.05, 4.69) is 15.3 Å². The quantitative estimate of drug-likeness (QED) is 0.491. The number of rotatable bonds is 1. The number of pyridine rings is 1. The number of nitrogens with one attached hydrogen (secondary N) is 1. The molecule has 2 bridgehead atoms. The van der Waals surface area contributed by atoms with Gasteiger partial charge in [-0.2, -0.15) is 4.39 Å². The van der Waals surface area contributed by atoms with Gasteiger partial charge in [0.25, 0.3) is 6.02 Å². The van der Waals surface area contributed by atoms with Crippen LogP contribution in [-0.2, 0) is 4.74 Å². The topological polar surface area (TPSA) is 69.6 Å². The molecule has 7 heteroatoms. The van der Waals surface area contributed by atoms with Crippen LogP contribution < -0.4 is 5.32 Å². The Bertz CT molecular complexity index is 879. The summed E-state index contributed by atoms with van der Waals surface area (Å²) in [6, 6.07) is 9.28. The van der Waals surface area contributed by atoms with Gasteiger partial charge in [-0.15, -0.1) is 0 Å². The number of amidine groups is 1. The van der Waals surface area contributed by atoms with E-state index >= 15 is 0 Å². The van der Waals surface area contributed by atoms with Gasteiger partial charge in [-0.3, -0.25) is 5.32 Å². The molecule has 25 heavy (non-hydrogen) atoms. The first kappa shape index (κ1) is 15.0. The summed E-state index contributed by atoms with van der Waals surface area (Å²) >= 11 is 0. The summed E-state index contributed by atoms with van der Waals surface area (Å²) in [6.45, 7) is 2.29. The van der Waals surface area contributed by atoms with Crippen LogP contribution in [0.4, 0.5) is 10.2 Å². The number of hydrogen-bond acceptors (Lipinski definition) is 5. The van der Waals surface area contributed by atoms with Crippen LogP contribution in [0.2, 0.25) is 0 Å². The number of aliphatic imine (C=N–C) groups is 1. The van der Waals surface area contributed by atoms with Crippen molar-refractivity contribution >= 4 is 22.6 Å². The monoisotopic (exact) mass is 342 g/mol. The standard InChI is InChI=1S/C18H19FN4O2/c19-16-14-4-2-1-3-12(14)9-15(21-16)22-17-20-10-18(25-17)11-23(24)7-5-13(18)6-8-23/h1-4,9,13H,5-8,10-11H2,(H,20,21,22). The first-order valence-corrected chi connectivity index (χ1v) is 8.68. The highest BCUT2D eigenvalue weighted by Crippen LogP contribution is 2.44. The first-order chi connectivity index (χ1) is 12.1. The number of fused-ring (bicyclic) bond motifs is 3. The van der Waals surface area contributed by atoms with Crippen LogP contribution in [0.1, 0.15) is 12.8 Å². The summed E-state index contributed by atoms with van der Waals surface area (Å²) in [7, 11) is 0. The van der Waals surface area contributed by atoms with Crippen molar-refractivity contribution in [3.63, 3.8) is 0 Å². The Morgan fingerprint density at radius 1 is 1.28 bits per heavy atom. The van der Waals surface area contributed by atoms with Crippen LogP contribution in [0.25, 0.3) is 10.8 Å². The summed E-state index contributed by atoms with van der Waals surface area (Å²) in [4.78, 5) is 8.40. The van der Waals surface area contributed by atoms with Crippen molar-refractivity contribution in [2.75, 3.05) is 31.5 Å². The van der Waals surface area contributed by atoms with Gasteiger partial charge in [-0.05, 0) is 17.5 Å². The minimum Gasteiger partial charge on any atom is -0.633 e. The van der Waals surface area contributed by atoms with Gasteiger partial charge in [0.15, 0.2) is 5.60 Å². The van der Waals surface area contributed by atoms with Crippen molar-refractivity contribution in [2.24, 2.45) is 10.9 Å². The number of nitrogens with zero attached hydrogens (tertiary/aromatic N) is 3. The van der Waals surface area contributed by atoms with Gasteiger partial charge in [0.05, 0.1) is 19.6 Å². The fraction of sp³-hybridized carbons (Fsp3) is 0.444. The van der Waals surface area contributed by atoms with Crippen LogP contribution in [0.15, 0.2) is 35.3 Å². The second-order valence-corrected chi connectivity index (χ2v) is 7.37. The smallest absolute Gasteiger partial charge is 0.291 e. The number of ether oxygens (including phenoxy) is 1. The molecule has 1 aromatic carbocycles. The maximum atomic E-state index is 14.2. The van der Waals surface area contributed by atoms with Crippen LogP contribution in [-0.4, -0.2) is 47.4 Å². The molecule has 1 spiro atoms. The lowest BCUT2D eigenvalue weighted by atomic mass is 9.75. The summed E-state index contributed by atoms with van der Waals surface area (Å²) < 4.78 is 20.1. The van der Waals surface area contributed by atoms with E-state index in [1.165, 1.54) is 0 Å².